The predicted molar refractivity (Wildman–Crippen MR) is 99.9 cm³/mol. The predicted octanol–water partition coefficient (Wildman–Crippen LogP) is 3.31. The fraction of sp³-hybridized carbons (Fsp3) is 0.632. The van der Waals surface area contributed by atoms with E-state index in [1.807, 2.05) is 25.2 Å². The van der Waals surface area contributed by atoms with Crippen LogP contribution >= 0.6 is 11.6 Å². The van der Waals surface area contributed by atoms with Crippen LogP contribution in [0.5, 0.6) is 0 Å². The Labute approximate surface area is 150 Å². The molecule has 0 saturated carbocycles. The second-order valence-electron chi connectivity index (χ2n) is 7.74. The molecule has 132 valence electrons. The van der Waals surface area contributed by atoms with Crippen LogP contribution in [0.2, 0.25) is 5.02 Å². The lowest BCUT2D eigenvalue weighted by molar-refractivity contribution is 0.156. The number of hydrogen-bond donors (Lipinski definition) is 1. The summed E-state index contributed by atoms with van der Waals surface area (Å²) < 4.78 is 5.63. The van der Waals surface area contributed by atoms with Gasteiger partial charge >= 0.3 is 0 Å². The van der Waals surface area contributed by atoms with Crippen LogP contribution in [0, 0.1) is 5.41 Å². The highest BCUT2D eigenvalue weighted by molar-refractivity contribution is 6.31. The Kier molecular flexibility index (Phi) is 5.07. The van der Waals surface area contributed by atoms with Gasteiger partial charge in [-0.2, -0.15) is 0 Å². The van der Waals surface area contributed by atoms with E-state index in [9.17, 15) is 0 Å². The van der Waals surface area contributed by atoms with Gasteiger partial charge in [0, 0.05) is 49.1 Å². The molecule has 2 heterocycles. The maximum absolute atomic E-state index is 6.38. The number of nitrogens with zero attached hydrogens (tertiary/aromatic N) is 2. The first kappa shape index (κ1) is 17.6. The van der Waals surface area contributed by atoms with E-state index in [4.69, 9.17) is 16.3 Å². The van der Waals surface area contributed by atoms with E-state index in [2.05, 4.69) is 35.1 Å². The standard InChI is InChI=1S/C19H28ClN3O/c1-18(2,15-6-4-5-7-16(15)20)12-22-17(21-3)23-10-8-19(13-23)9-11-24-14-19/h4-7H,8-14H2,1-3H3,(H,21,22). The summed E-state index contributed by atoms with van der Waals surface area (Å²) in [5, 5.41) is 4.38. The lowest BCUT2D eigenvalue weighted by atomic mass is 9.84. The van der Waals surface area contributed by atoms with E-state index < -0.39 is 0 Å². The third kappa shape index (κ3) is 3.55. The Hall–Kier alpha value is -1.26. The number of aliphatic imine (C=N–C) groups is 1. The summed E-state index contributed by atoms with van der Waals surface area (Å²) in [6.45, 7) is 9.11. The van der Waals surface area contributed by atoms with Gasteiger partial charge in [-0.05, 0) is 24.5 Å². The van der Waals surface area contributed by atoms with Crippen LogP contribution in [-0.4, -0.2) is 50.8 Å². The molecule has 1 aromatic rings. The van der Waals surface area contributed by atoms with Gasteiger partial charge in [0.2, 0.25) is 0 Å². The van der Waals surface area contributed by atoms with Gasteiger partial charge < -0.3 is 15.0 Å². The normalized spacial score (nSPS) is 24.8. The van der Waals surface area contributed by atoms with Gasteiger partial charge in [-0.1, -0.05) is 43.6 Å². The molecule has 0 amide bonds. The van der Waals surface area contributed by atoms with Crippen LogP contribution in [0.25, 0.3) is 0 Å². The molecule has 1 spiro atoms. The smallest absolute Gasteiger partial charge is 0.193 e. The average molecular weight is 350 g/mol. The zero-order valence-corrected chi connectivity index (χ0v) is 15.7. The van der Waals surface area contributed by atoms with Crippen molar-refractivity contribution in [3.05, 3.63) is 34.9 Å². The molecule has 0 bridgehead atoms. The van der Waals surface area contributed by atoms with E-state index in [0.717, 1.165) is 49.4 Å². The van der Waals surface area contributed by atoms with Crippen molar-refractivity contribution < 1.29 is 4.74 Å². The van der Waals surface area contributed by atoms with E-state index in [-0.39, 0.29) is 5.41 Å². The largest absolute Gasteiger partial charge is 0.381 e. The first-order valence-corrected chi connectivity index (χ1v) is 9.12. The molecule has 0 aromatic heterocycles. The monoisotopic (exact) mass is 349 g/mol. The van der Waals surface area contributed by atoms with Gasteiger partial charge in [-0.15, -0.1) is 0 Å². The molecule has 5 heteroatoms. The van der Waals surface area contributed by atoms with Crippen molar-refractivity contribution >= 4 is 17.6 Å². The van der Waals surface area contributed by atoms with Gasteiger partial charge in [-0.3, -0.25) is 4.99 Å². The molecule has 3 rings (SSSR count). The Balaban J connectivity index is 1.63. The van der Waals surface area contributed by atoms with Gasteiger partial charge in [0.15, 0.2) is 5.96 Å². The lowest BCUT2D eigenvalue weighted by Crippen LogP contribution is -2.45. The number of likely N-dealkylation sites (tertiary alicyclic amines) is 1. The van der Waals surface area contributed by atoms with Crippen molar-refractivity contribution in [2.24, 2.45) is 10.4 Å². The minimum atomic E-state index is -0.0673. The molecule has 0 radical (unpaired) electrons. The molecule has 2 aliphatic heterocycles. The number of nitrogens with one attached hydrogen (secondary N) is 1. The molecule has 1 aromatic carbocycles. The van der Waals surface area contributed by atoms with Crippen LogP contribution in [-0.2, 0) is 10.2 Å². The molecular formula is C19H28ClN3O. The van der Waals surface area contributed by atoms with E-state index in [0.29, 0.717) is 5.41 Å². The summed E-state index contributed by atoms with van der Waals surface area (Å²) in [5.41, 5.74) is 1.44. The van der Waals surface area contributed by atoms with Crippen LogP contribution in [0.3, 0.4) is 0 Å². The summed E-state index contributed by atoms with van der Waals surface area (Å²) in [6, 6.07) is 8.08. The summed E-state index contributed by atoms with van der Waals surface area (Å²) in [7, 11) is 1.86. The first-order chi connectivity index (χ1) is 11.5. The van der Waals surface area contributed by atoms with E-state index in [1.165, 1.54) is 12.8 Å². The molecular weight excluding hydrogens is 322 g/mol. The number of halogens is 1. The zero-order chi connectivity index (χ0) is 17.2. The van der Waals surface area contributed by atoms with Crippen molar-refractivity contribution in [2.75, 3.05) is 39.9 Å². The topological polar surface area (TPSA) is 36.9 Å². The summed E-state index contributed by atoms with van der Waals surface area (Å²) in [5.74, 6) is 0.985. The van der Waals surface area contributed by atoms with Gasteiger partial charge in [-0.25, -0.2) is 0 Å². The van der Waals surface area contributed by atoms with E-state index >= 15 is 0 Å². The van der Waals surface area contributed by atoms with Crippen molar-refractivity contribution in [2.45, 2.75) is 32.1 Å². The van der Waals surface area contributed by atoms with Crippen LogP contribution in [0.1, 0.15) is 32.3 Å². The highest BCUT2D eigenvalue weighted by atomic mass is 35.5. The fourth-order valence-corrected chi connectivity index (χ4v) is 4.22. The molecule has 24 heavy (non-hydrogen) atoms. The molecule has 1 unspecified atom stereocenters. The third-order valence-corrected chi connectivity index (χ3v) is 5.76. The summed E-state index contributed by atoms with van der Waals surface area (Å²) >= 11 is 6.38. The maximum Gasteiger partial charge on any atom is 0.193 e. The minimum absolute atomic E-state index is 0.0673. The fourth-order valence-electron chi connectivity index (χ4n) is 3.82. The van der Waals surface area contributed by atoms with Gasteiger partial charge in [0.1, 0.15) is 0 Å². The van der Waals surface area contributed by atoms with E-state index in [1.54, 1.807) is 0 Å². The quantitative estimate of drug-likeness (QED) is 0.672. The highest BCUT2D eigenvalue weighted by Crippen LogP contribution is 2.38. The highest BCUT2D eigenvalue weighted by Gasteiger charge is 2.42. The number of ether oxygens (including phenoxy) is 1. The maximum atomic E-state index is 6.38. The van der Waals surface area contributed by atoms with Gasteiger partial charge in [0.05, 0.1) is 6.61 Å². The second kappa shape index (κ2) is 6.93. The molecule has 4 nitrogen and oxygen atoms in total. The van der Waals surface area contributed by atoms with Crippen molar-refractivity contribution in [1.82, 2.24) is 10.2 Å². The van der Waals surface area contributed by atoms with Crippen LogP contribution in [0.4, 0.5) is 0 Å². The number of hydrogen-bond acceptors (Lipinski definition) is 2. The Bertz CT molecular complexity index is 608. The zero-order valence-electron chi connectivity index (χ0n) is 14.9. The van der Waals surface area contributed by atoms with Crippen molar-refractivity contribution in [3.8, 4) is 0 Å². The molecule has 2 aliphatic rings. The lowest BCUT2D eigenvalue weighted by Gasteiger charge is -2.30. The molecule has 2 saturated heterocycles. The minimum Gasteiger partial charge on any atom is -0.381 e. The molecule has 2 fully saturated rings. The second-order valence-corrected chi connectivity index (χ2v) is 8.15. The first-order valence-electron chi connectivity index (χ1n) is 8.74. The molecule has 0 aliphatic carbocycles. The Morgan fingerprint density at radius 3 is 2.83 bits per heavy atom. The van der Waals surface area contributed by atoms with Crippen LogP contribution < -0.4 is 5.32 Å². The van der Waals surface area contributed by atoms with Crippen LogP contribution in [0.15, 0.2) is 29.3 Å². The number of benzene rings is 1. The van der Waals surface area contributed by atoms with Crippen molar-refractivity contribution in [3.63, 3.8) is 0 Å². The Morgan fingerprint density at radius 2 is 2.17 bits per heavy atom. The van der Waals surface area contributed by atoms with Crippen molar-refractivity contribution in [1.29, 1.82) is 0 Å². The Morgan fingerprint density at radius 1 is 1.38 bits per heavy atom. The summed E-state index contributed by atoms with van der Waals surface area (Å²) in [4.78, 5) is 6.87. The number of guanidine groups is 1. The summed E-state index contributed by atoms with van der Waals surface area (Å²) in [6.07, 6.45) is 2.37. The third-order valence-electron chi connectivity index (χ3n) is 5.43. The molecule has 1 N–H and O–H groups in total. The number of rotatable bonds is 3. The molecule has 1 atom stereocenters. The average Bonchev–Trinajstić information content (AvgIpc) is 3.19. The van der Waals surface area contributed by atoms with Gasteiger partial charge in [0.25, 0.3) is 0 Å². The SMILES string of the molecule is CN=C(NCC(C)(C)c1ccccc1Cl)N1CCC2(CCOC2)C1.